The van der Waals surface area contributed by atoms with E-state index in [1.807, 2.05) is 55.5 Å². The molecular weight excluding hydrogens is 324 g/mol. The van der Waals surface area contributed by atoms with Crippen molar-refractivity contribution in [3.05, 3.63) is 65.2 Å². The van der Waals surface area contributed by atoms with Crippen molar-refractivity contribution in [2.75, 3.05) is 6.61 Å². The average Bonchev–Trinajstić information content (AvgIpc) is 2.64. The zero-order valence-corrected chi connectivity index (χ0v) is 15.7. The first-order valence-electron chi connectivity index (χ1n) is 9.28. The van der Waals surface area contributed by atoms with Crippen LogP contribution in [0.3, 0.4) is 0 Å². The molecule has 0 fully saturated rings. The van der Waals surface area contributed by atoms with Crippen molar-refractivity contribution in [3.8, 4) is 5.75 Å². The van der Waals surface area contributed by atoms with E-state index in [0.717, 1.165) is 23.3 Å². The normalized spacial score (nSPS) is 10.8. The molecule has 0 atom stereocenters. The SMILES string of the molecule is CCCCCCOc1ccccc1C=NNC(=O)Cc1ccc(C)cc1. The van der Waals surface area contributed by atoms with Gasteiger partial charge in [-0.2, -0.15) is 5.10 Å². The number of carbonyl (C=O) groups is 1. The molecule has 0 heterocycles. The summed E-state index contributed by atoms with van der Waals surface area (Å²) in [7, 11) is 0. The van der Waals surface area contributed by atoms with Gasteiger partial charge in [0, 0.05) is 5.56 Å². The van der Waals surface area contributed by atoms with Gasteiger partial charge in [0.15, 0.2) is 0 Å². The molecule has 4 nitrogen and oxygen atoms in total. The Hall–Kier alpha value is -2.62. The Morgan fingerprint density at radius 2 is 1.85 bits per heavy atom. The summed E-state index contributed by atoms with van der Waals surface area (Å²) in [4.78, 5) is 12.0. The highest BCUT2D eigenvalue weighted by molar-refractivity contribution is 5.85. The van der Waals surface area contributed by atoms with Crippen molar-refractivity contribution in [2.24, 2.45) is 5.10 Å². The molecule has 0 aliphatic carbocycles. The minimum Gasteiger partial charge on any atom is -0.493 e. The molecule has 2 aromatic rings. The number of rotatable bonds is 10. The molecular formula is C22H28N2O2. The van der Waals surface area contributed by atoms with Crippen LogP contribution < -0.4 is 10.2 Å². The number of amides is 1. The minimum atomic E-state index is -0.136. The first-order valence-corrected chi connectivity index (χ1v) is 9.28. The Morgan fingerprint density at radius 1 is 1.08 bits per heavy atom. The third-order valence-corrected chi connectivity index (χ3v) is 4.05. The summed E-state index contributed by atoms with van der Waals surface area (Å²) in [5.41, 5.74) is 5.59. The highest BCUT2D eigenvalue weighted by atomic mass is 16.5. The van der Waals surface area contributed by atoms with E-state index in [4.69, 9.17) is 4.74 Å². The lowest BCUT2D eigenvalue weighted by molar-refractivity contribution is -0.120. The number of nitrogens with zero attached hydrogens (tertiary/aromatic N) is 1. The van der Waals surface area contributed by atoms with Gasteiger partial charge in [-0.25, -0.2) is 5.43 Å². The lowest BCUT2D eigenvalue weighted by Crippen LogP contribution is -2.19. The number of unbranched alkanes of at least 4 members (excludes halogenated alkanes) is 3. The van der Waals surface area contributed by atoms with E-state index in [9.17, 15) is 4.79 Å². The van der Waals surface area contributed by atoms with Gasteiger partial charge in [-0.05, 0) is 31.0 Å². The molecule has 0 saturated carbocycles. The molecule has 4 heteroatoms. The summed E-state index contributed by atoms with van der Waals surface area (Å²) in [5, 5.41) is 4.07. The third-order valence-electron chi connectivity index (χ3n) is 4.05. The van der Waals surface area contributed by atoms with Crippen LogP contribution in [-0.2, 0) is 11.2 Å². The Labute approximate surface area is 156 Å². The predicted molar refractivity (Wildman–Crippen MR) is 107 cm³/mol. The smallest absolute Gasteiger partial charge is 0.244 e. The van der Waals surface area contributed by atoms with Crippen LogP contribution in [0.1, 0.15) is 49.3 Å². The topological polar surface area (TPSA) is 50.7 Å². The van der Waals surface area contributed by atoms with Gasteiger partial charge in [-0.1, -0.05) is 68.1 Å². The van der Waals surface area contributed by atoms with E-state index in [1.54, 1.807) is 6.21 Å². The highest BCUT2D eigenvalue weighted by Gasteiger charge is 2.03. The number of hydrogen-bond donors (Lipinski definition) is 1. The molecule has 0 aliphatic heterocycles. The maximum atomic E-state index is 12.0. The van der Waals surface area contributed by atoms with Crippen LogP contribution in [-0.4, -0.2) is 18.7 Å². The van der Waals surface area contributed by atoms with Gasteiger partial charge in [-0.15, -0.1) is 0 Å². The second kappa shape index (κ2) is 11.1. The molecule has 2 aromatic carbocycles. The summed E-state index contributed by atoms with van der Waals surface area (Å²) in [6, 6.07) is 15.6. The summed E-state index contributed by atoms with van der Waals surface area (Å²) < 4.78 is 5.84. The van der Waals surface area contributed by atoms with E-state index in [2.05, 4.69) is 17.5 Å². The van der Waals surface area contributed by atoms with Crippen LogP contribution in [0.15, 0.2) is 53.6 Å². The highest BCUT2D eigenvalue weighted by Crippen LogP contribution is 2.16. The molecule has 138 valence electrons. The van der Waals surface area contributed by atoms with Crippen LogP contribution in [0.4, 0.5) is 0 Å². The van der Waals surface area contributed by atoms with Gasteiger partial charge in [0.25, 0.3) is 0 Å². The van der Waals surface area contributed by atoms with Crippen LogP contribution in [0.2, 0.25) is 0 Å². The second-order valence-corrected chi connectivity index (χ2v) is 6.40. The van der Waals surface area contributed by atoms with E-state index < -0.39 is 0 Å². The molecule has 0 aromatic heterocycles. The van der Waals surface area contributed by atoms with Crippen molar-refractivity contribution < 1.29 is 9.53 Å². The monoisotopic (exact) mass is 352 g/mol. The molecule has 1 N–H and O–H groups in total. The van der Waals surface area contributed by atoms with Gasteiger partial charge in [0.2, 0.25) is 5.91 Å². The zero-order valence-electron chi connectivity index (χ0n) is 15.7. The zero-order chi connectivity index (χ0) is 18.6. The van der Waals surface area contributed by atoms with Gasteiger partial charge < -0.3 is 4.74 Å². The van der Waals surface area contributed by atoms with E-state index >= 15 is 0 Å². The Balaban J connectivity index is 1.83. The molecule has 0 unspecified atom stereocenters. The fraction of sp³-hybridized carbons (Fsp3) is 0.364. The fourth-order valence-electron chi connectivity index (χ4n) is 2.53. The standard InChI is InChI=1S/C22H28N2O2/c1-3-4-5-8-15-26-21-10-7-6-9-20(21)17-23-24-22(25)16-19-13-11-18(2)12-14-19/h6-7,9-14,17H,3-5,8,15-16H2,1-2H3,(H,24,25). The van der Waals surface area contributed by atoms with Crippen molar-refractivity contribution in [1.82, 2.24) is 5.43 Å². The van der Waals surface area contributed by atoms with E-state index in [0.29, 0.717) is 13.0 Å². The number of hydrazone groups is 1. The van der Waals surface area contributed by atoms with Gasteiger partial charge in [-0.3, -0.25) is 4.79 Å². The number of benzene rings is 2. The second-order valence-electron chi connectivity index (χ2n) is 6.40. The Kier molecular flexibility index (Phi) is 8.40. The number of hydrogen-bond acceptors (Lipinski definition) is 3. The molecule has 1 amide bonds. The van der Waals surface area contributed by atoms with Crippen molar-refractivity contribution >= 4 is 12.1 Å². The average molecular weight is 352 g/mol. The van der Waals surface area contributed by atoms with Crippen LogP contribution in [0.25, 0.3) is 0 Å². The molecule has 0 bridgehead atoms. The lowest BCUT2D eigenvalue weighted by atomic mass is 10.1. The lowest BCUT2D eigenvalue weighted by Gasteiger charge is -2.08. The summed E-state index contributed by atoms with van der Waals surface area (Å²) in [6.07, 6.45) is 6.63. The van der Waals surface area contributed by atoms with Crippen LogP contribution >= 0.6 is 0 Å². The van der Waals surface area contributed by atoms with Gasteiger partial charge in [0.1, 0.15) is 5.75 Å². The molecule has 26 heavy (non-hydrogen) atoms. The summed E-state index contributed by atoms with van der Waals surface area (Å²) >= 11 is 0. The van der Waals surface area contributed by atoms with Gasteiger partial charge in [0.05, 0.1) is 19.2 Å². The number of carbonyl (C=O) groups excluding carboxylic acids is 1. The van der Waals surface area contributed by atoms with Gasteiger partial charge >= 0.3 is 0 Å². The summed E-state index contributed by atoms with van der Waals surface area (Å²) in [5.74, 6) is 0.656. The molecule has 2 rings (SSSR count). The maximum Gasteiger partial charge on any atom is 0.244 e. The number of ether oxygens (including phenoxy) is 1. The third kappa shape index (κ3) is 7.09. The molecule has 0 saturated heterocycles. The first kappa shape index (κ1) is 19.7. The predicted octanol–water partition coefficient (Wildman–Crippen LogP) is 4.65. The number of nitrogens with one attached hydrogen (secondary N) is 1. The molecule has 0 radical (unpaired) electrons. The Bertz CT molecular complexity index is 708. The first-order chi connectivity index (χ1) is 12.7. The largest absolute Gasteiger partial charge is 0.493 e. The van der Waals surface area contributed by atoms with Crippen LogP contribution in [0, 0.1) is 6.92 Å². The minimum absolute atomic E-state index is 0.136. The Morgan fingerprint density at radius 3 is 2.62 bits per heavy atom. The van der Waals surface area contributed by atoms with Crippen molar-refractivity contribution in [2.45, 2.75) is 46.0 Å². The van der Waals surface area contributed by atoms with Crippen molar-refractivity contribution in [3.63, 3.8) is 0 Å². The maximum absolute atomic E-state index is 12.0. The number of para-hydroxylation sites is 1. The van der Waals surface area contributed by atoms with Crippen LogP contribution in [0.5, 0.6) is 5.75 Å². The number of aryl methyl sites for hydroxylation is 1. The van der Waals surface area contributed by atoms with Crippen molar-refractivity contribution in [1.29, 1.82) is 0 Å². The molecule has 0 spiro atoms. The summed E-state index contributed by atoms with van der Waals surface area (Å²) in [6.45, 7) is 4.92. The van der Waals surface area contributed by atoms with E-state index in [1.165, 1.54) is 24.8 Å². The molecule has 0 aliphatic rings. The van der Waals surface area contributed by atoms with E-state index in [-0.39, 0.29) is 5.91 Å². The quantitative estimate of drug-likeness (QED) is 0.384. The fourth-order valence-corrected chi connectivity index (χ4v) is 2.53.